The van der Waals surface area contributed by atoms with Gasteiger partial charge in [0.15, 0.2) is 5.82 Å². The lowest BCUT2D eigenvalue weighted by molar-refractivity contribution is -0.125. The molecule has 1 atom stereocenters. The number of nitrogens with zero attached hydrogens (tertiary/aromatic N) is 4. The number of carbonyl (C=O) groups excluding carboxylic acids is 1. The Morgan fingerprint density at radius 2 is 1.93 bits per heavy atom. The molecule has 160 valence electrons. The van der Waals surface area contributed by atoms with Crippen LogP contribution in [0.5, 0.6) is 0 Å². The number of amides is 1. The summed E-state index contributed by atoms with van der Waals surface area (Å²) in [5.74, 6) is 1.07. The van der Waals surface area contributed by atoms with Gasteiger partial charge in [0.05, 0.1) is 11.6 Å². The SMILES string of the molecule is Cc1cccc(-c2ccc(N3CCC[C@H](C(=O)NCCN4CCCCC4)C3)nn2)c1. The molecule has 1 aromatic heterocycles. The van der Waals surface area contributed by atoms with Crippen molar-refractivity contribution in [3.05, 3.63) is 42.0 Å². The molecular weight excluding hydrogens is 374 g/mol. The summed E-state index contributed by atoms with van der Waals surface area (Å²) in [5.41, 5.74) is 3.17. The molecule has 2 aromatic rings. The maximum atomic E-state index is 12.7. The van der Waals surface area contributed by atoms with Crippen molar-refractivity contribution in [3.63, 3.8) is 0 Å². The number of rotatable bonds is 6. The lowest BCUT2D eigenvalue weighted by Gasteiger charge is -2.33. The Morgan fingerprint density at radius 1 is 1.07 bits per heavy atom. The third kappa shape index (κ3) is 5.36. The number of hydrogen-bond donors (Lipinski definition) is 1. The predicted octanol–water partition coefficient (Wildman–Crippen LogP) is 3.27. The molecule has 4 rings (SSSR count). The first-order chi connectivity index (χ1) is 14.7. The molecule has 1 N–H and O–H groups in total. The van der Waals surface area contributed by atoms with Crippen molar-refractivity contribution in [2.24, 2.45) is 5.92 Å². The summed E-state index contributed by atoms with van der Waals surface area (Å²) in [6.07, 6.45) is 5.87. The summed E-state index contributed by atoms with van der Waals surface area (Å²) >= 11 is 0. The Labute approximate surface area is 179 Å². The van der Waals surface area contributed by atoms with Crippen LogP contribution in [0.15, 0.2) is 36.4 Å². The van der Waals surface area contributed by atoms with E-state index in [4.69, 9.17) is 0 Å². The fraction of sp³-hybridized carbons (Fsp3) is 0.542. The minimum Gasteiger partial charge on any atom is -0.355 e. The van der Waals surface area contributed by atoms with Crippen LogP contribution in [-0.2, 0) is 4.79 Å². The monoisotopic (exact) mass is 407 g/mol. The molecule has 2 aliphatic heterocycles. The van der Waals surface area contributed by atoms with Crippen molar-refractivity contribution in [2.45, 2.75) is 39.0 Å². The number of benzene rings is 1. The van der Waals surface area contributed by atoms with E-state index in [1.54, 1.807) is 0 Å². The van der Waals surface area contributed by atoms with Crippen LogP contribution in [0.1, 0.15) is 37.7 Å². The summed E-state index contributed by atoms with van der Waals surface area (Å²) in [7, 11) is 0. The van der Waals surface area contributed by atoms with Crippen LogP contribution in [0.3, 0.4) is 0 Å². The van der Waals surface area contributed by atoms with Gasteiger partial charge >= 0.3 is 0 Å². The van der Waals surface area contributed by atoms with Gasteiger partial charge in [-0.05, 0) is 63.9 Å². The molecule has 0 bridgehead atoms. The van der Waals surface area contributed by atoms with E-state index in [0.717, 1.165) is 49.6 Å². The zero-order valence-corrected chi connectivity index (χ0v) is 18.0. The van der Waals surface area contributed by atoms with Gasteiger partial charge in [-0.1, -0.05) is 30.2 Å². The Hall–Kier alpha value is -2.47. The molecular formula is C24H33N5O. The first kappa shape index (κ1) is 20.8. The highest BCUT2D eigenvalue weighted by molar-refractivity contribution is 5.79. The Morgan fingerprint density at radius 3 is 2.70 bits per heavy atom. The number of hydrogen-bond acceptors (Lipinski definition) is 5. The van der Waals surface area contributed by atoms with Crippen LogP contribution < -0.4 is 10.2 Å². The normalized spacial score (nSPS) is 20.2. The molecule has 6 nitrogen and oxygen atoms in total. The average molecular weight is 408 g/mol. The Balaban J connectivity index is 1.30. The quantitative estimate of drug-likeness (QED) is 0.796. The van der Waals surface area contributed by atoms with E-state index in [1.807, 2.05) is 18.2 Å². The predicted molar refractivity (Wildman–Crippen MR) is 120 cm³/mol. The van der Waals surface area contributed by atoms with Crippen LogP contribution >= 0.6 is 0 Å². The largest absolute Gasteiger partial charge is 0.355 e. The molecule has 2 aliphatic rings. The summed E-state index contributed by atoms with van der Waals surface area (Å²) in [6.45, 7) is 7.78. The van der Waals surface area contributed by atoms with E-state index < -0.39 is 0 Å². The highest BCUT2D eigenvalue weighted by Gasteiger charge is 2.26. The molecule has 0 aliphatic carbocycles. The highest BCUT2D eigenvalue weighted by atomic mass is 16.1. The number of likely N-dealkylation sites (tertiary alicyclic amines) is 1. The molecule has 3 heterocycles. The topological polar surface area (TPSA) is 61.4 Å². The third-order valence-electron chi connectivity index (χ3n) is 6.26. The Bertz CT molecular complexity index is 832. The van der Waals surface area contributed by atoms with Crippen molar-refractivity contribution in [1.82, 2.24) is 20.4 Å². The second-order valence-electron chi connectivity index (χ2n) is 8.62. The van der Waals surface area contributed by atoms with Crippen LogP contribution in [0.2, 0.25) is 0 Å². The molecule has 1 aromatic carbocycles. The van der Waals surface area contributed by atoms with E-state index in [2.05, 4.69) is 50.4 Å². The van der Waals surface area contributed by atoms with Gasteiger partial charge in [0, 0.05) is 31.7 Å². The second kappa shape index (κ2) is 10.0. The average Bonchev–Trinajstić information content (AvgIpc) is 2.80. The van der Waals surface area contributed by atoms with Crippen molar-refractivity contribution in [3.8, 4) is 11.3 Å². The van der Waals surface area contributed by atoms with Crippen LogP contribution in [0, 0.1) is 12.8 Å². The standard InChI is InChI=1S/C24H33N5O/c1-19-7-5-8-20(17-19)22-10-11-23(27-26-22)29-15-6-9-21(18-29)24(30)25-12-16-28-13-3-2-4-14-28/h5,7-8,10-11,17,21H,2-4,6,9,12-16,18H2,1H3,(H,25,30)/t21-/m0/s1. The zero-order chi connectivity index (χ0) is 20.8. The fourth-order valence-corrected chi connectivity index (χ4v) is 4.52. The molecule has 0 spiro atoms. The summed E-state index contributed by atoms with van der Waals surface area (Å²) in [5, 5.41) is 12.1. The van der Waals surface area contributed by atoms with E-state index in [1.165, 1.54) is 37.9 Å². The Kier molecular flexibility index (Phi) is 6.95. The van der Waals surface area contributed by atoms with E-state index in [9.17, 15) is 4.79 Å². The summed E-state index contributed by atoms with van der Waals surface area (Å²) in [6, 6.07) is 12.4. The number of piperidine rings is 2. The smallest absolute Gasteiger partial charge is 0.224 e. The van der Waals surface area contributed by atoms with E-state index >= 15 is 0 Å². The highest BCUT2D eigenvalue weighted by Crippen LogP contribution is 2.24. The molecule has 2 saturated heterocycles. The maximum absolute atomic E-state index is 12.7. The lowest BCUT2D eigenvalue weighted by Crippen LogP contribution is -2.45. The number of nitrogens with one attached hydrogen (secondary N) is 1. The van der Waals surface area contributed by atoms with Crippen molar-refractivity contribution in [2.75, 3.05) is 44.2 Å². The number of aromatic nitrogens is 2. The second-order valence-corrected chi connectivity index (χ2v) is 8.62. The van der Waals surface area contributed by atoms with Gasteiger partial charge in [-0.25, -0.2) is 0 Å². The van der Waals surface area contributed by atoms with Crippen molar-refractivity contribution in [1.29, 1.82) is 0 Å². The third-order valence-corrected chi connectivity index (χ3v) is 6.26. The van der Waals surface area contributed by atoms with Crippen LogP contribution in [0.25, 0.3) is 11.3 Å². The van der Waals surface area contributed by atoms with Gasteiger partial charge in [-0.2, -0.15) is 0 Å². The zero-order valence-electron chi connectivity index (χ0n) is 18.0. The van der Waals surface area contributed by atoms with Gasteiger partial charge in [-0.3, -0.25) is 4.79 Å². The van der Waals surface area contributed by atoms with E-state index in [-0.39, 0.29) is 11.8 Å². The fourth-order valence-electron chi connectivity index (χ4n) is 4.52. The van der Waals surface area contributed by atoms with Crippen LogP contribution in [0.4, 0.5) is 5.82 Å². The minimum absolute atomic E-state index is 0.0263. The molecule has 6 heteroatoms. The minimum atomic E-state index is 0.0263. The van der Waals surface area contributed by atoms with Gasteiger partial charge in [0.1, 0.15) is 0 Å². The van der Waals surface area contributed by atoms with Gasteiger partial charge in [0.2, 0.25) is 5.91 Å². The number of anilines is 1. The molecule has 0 radical (unpaired) electrons. The molecule has 2 fully saturated rings. The molecule has 1 amide bonds. The van der Waals surface area contributed by atoms with Gasteiger partial charge in [-0.15, -0.1) is 10.2 Å². The van der Waals surface area contributed by atoms with Gasteiger partial charge < -0.3 is 15.1 Å². The number of aryl methyl sites for hydroxylation is 1. The molecule has 30 heavy (non-hydrogen) atoms. The van der Waals surface area contributed by atoms with Crippen LogP contribution in [-0.4, -0.2) is 60.3 Å². The van der Waals surface area contributed by atoms with E-state index in [0.29, 0.717) is 6.54 Å². The first-order valence-corrected chi connectivity index (χ1v) is 11.3. The maximum Gasteiger partial charge on any atom is 0.224 e. The molecule has 0 saturated carbocycles. The van der Waals surface area contributed by atoms with Crippen molar-refractivity contribution < 1.29 is 4.79 Å². The lowest BCUT2D eigenvalue weighted by atomic mass is 9.97. The number of carbonyl (C=O) groups is 1. The first-order valence-electron chi connectivity index (χ1n) is 11.3. The summed E-state index contributed by atoms with van der Waals surface area (Å²) in [4.78, 5) is 17.4. The molecule has 0 unspecified atom stereocenters. The summed E-state index contributed by atoms with van der Waals surface area (Å²) < 4.78 is 0. The van der Waals surface area contributed by atoms with Gasteiger partial charge in [0.25, 0.3) is 0 Å². The van der Waals surface area contributed by atoms with Crippen molar-refractivity contribution >= 4 is 11.7 Å².